The summed E-state index contributed by atoms with van der Waals surface area (Å²) < 4.78 is 1.64. The van der Waals surface area contributed by atoms with E-state index in [-0.39, 0.29) is 0 Å². The highest BCUT2D eigenvalue weighted by atomic mass is 15.4. The van der Waals surface area contributed by atoms with Crippen molar-refractivity contribution < 1.29 is 8.97 Å². The summed E-state index contributed by atoms with van der Waals surface area (Å²) in [5.41, 5.74) is 0. The molecular weight excluding hydrogens is 188 g/mol. The third-order valence-corrected chi connectivity index (χ3v) is 2.93. The Hall–Kier alpha value is -1.26. The Kier molecular flexibility index (Phi) is 2.54. The van der Waals surface area contributed by atoms with Crippen LogP contribution in [0.3, 0.4) is 0 Å². The second-order valence-corrected chi connectivity index (χ2v) is 4.62. The van der Waals surface area contributed by atoms with E-state index >= 15 is 0 Å². The standard InChI is InChI=1S/C11H18N4/c1-14(8-4-12-10-14)6-3-7-15(2)9-5-13-11-15/h4-5,8-11H,3,6-7H2,1-2H3/q+2. The molecule has 0 bridgehead atoms. The van der Waals surface area contributed by atoms with Gasteiger partial charge >= 0.3 is 0 Å². The van der Waals surface area contributed by atoms with Gasteiger partial charge in [-0.25, -0.2) is 9.98 Å². The molecule has 2 rings (SSSR count). The Morgan fingerprint density at radius 2 is 1.33 bits per heavy atom. The number of quaternary nitrogens is 2. The molecule has 2 heterocycles. The molecule has 2 atom stereocenters. The maximum atomic E-state index is 4.13. The second-order valence-electron chi connectivity index (χ2n) is 4.62. The van der Waals surface area contributed by atoms with Crippen molar-refractivity contribution in [3.8, 4) is 0 Å². The topological polar surface area (TPSA) is 24.7 Å². The van der Waals surface area contributed by atoms with Crippen molar-refractivity contribution in [2.24, 2.45) is 9.98 Å². The third-order valence-electron chi connectivity index (χ3n) is 2.93. The van der Waals surface area contributed by atoms with E-state index in [0.717, 1.165) is 28.5 Å². The molecule has 0 aliphatic carbocycles. The molecule has 4 heteroatoms. The molecule has 0 radical (unpaired) electrons. The summed E-state index contributed by atoms with van der Waals surface area (Å²) in [6.45, 7) is 2.19. The number of hydrogen-bond donors (Lipinski definition) is 0. The molecule has 0 aromatic heterocycles. The van der Waals surface area contributed by atoms with Crippen molar-refractivity contribution >= 4 is 12.7 Å². The van der Waals surface area contributed by atoms with E-state index in [2.05, 4.69) is 36.5 Å². The molecule has 2 unspecified atom stereocenters. The molecule has 0 N–H and O–H groups in total. The first-order valence-corrected chi connectivity index (χ1v) is 5.26. The van der Waals surface area contributed by atoms with Gasteiger partial charge in [0.05, 0.1) is 39.6 Å². The molecule has 0 saturated heterocycles. The average Bonchev–Trinajstić information content (AvgIpc) is 2.76. The average molecular weight is 206 g/mol. The minimum atomic E-state index is 0.820. The Labute approximate surface area is 90.7 Å². The summed E-state index contributed by atoms with van der Waals surface area (Å²) in [5, 5.41) is 0. The van der Waals surface area contributed by atoms with Crippen molar-refractivity contribution in [1.29, 1.82) is 0 Å². The molecule has 0 spiro atoms. The summed E-state index contributed by atoms with van der Waals surface area (Å²) in [6, 6.07) is 0. The van der Waals surface area contributed by atoms with Crippen LogP contribution in [0.1, 0.15) is 6.42 Å². The van der Waals surface area contributed by atoms with Gasteiger partial charge in [-0.15, -0.1) is 0 Å². The lowest BCUT2D eigenvalue weighted by atomic mass is 10.3. The van der Waals surface area contributed by atoms with E-state index in [1.54, 1.807) is 0 Å². The Balaban J connectivity index is 1.80. The van der Waals surface area contributed by atoms with Crippen molar-refractivity contribution in [3.05, 3.63) is 24.8 Å². The van der Waals surface area contributed by atoms with Crippen LogP contribution in [0, 0.1) is 0 Å². The Morgan fingerprint density at radius 3 is 1.67 bits per heavy atom. The summed E-state index contributed by atoms with van der Waals surface area (Å²) in [6.07, 6.45) is 13.1. The van der Waals surface area contributed by atoms with Gasteiger partial charge in [-0.05, 0) is 0 Å². The first kappa shape index (κ1) is 10.3. The Bertz CT molecular complexity index is 294. The number of rotatable bonds is 4. The molecule has 2 aliphatic rings. The normalized spacial score (nSPS) is 36.9. The van der Waals surface area contributed by atoms with Crippen molar-refractivity contribution in [2.75, 3.05) is 27.2 Å². The van der Waals surface area contributed by atoms with Gasteiger partial charge in [0.1, 0.15) is 12.4 Å². The van der Waals surface area contributed by atoms with Gasteiger partial charge in [-0.2, -0.15) is 0 Å². The number of aliphatic imine (C=N–C) groups is 2. The molecule has 0 saturated carbocycles. The van der Waals surface area contributed by atoms with Crippen molar-refractivity contribution in [2.45, 2.75) is 6.42 Å². The van der Waals surface area contributed by atoms with Crippen LogP contribution in [-0.4, -0.2) is 48.8 Å². The predicted octanol–water partition coefficient (Wildman–Crippen LogP) is 1.30. The van der Waals surface area contributed by atoms with E-state index in [0.29, 0.717) is 0 Å². The van der Waals surface area contributed by atoms with Crippen LogP contribution in [-0.2, 0) is 0 Å². The molecule has 0 amide bonds. The van der Waals surface area contributed by atoms with E-state index < -0.39 is 0 Å². The van der Waals surface area contributed by atoms with E-state index in [1.807, 2.05) is 25.1 Å². The fourth-order valence-electron chi connectivity index (χ4n) is 1.86. The van der Waals surface area contributed by atoms with Crippen molar-refractivity contribution in [1.82, 2.24) is 0 Å². The molecule has 4 nitrogen and oxygen atoms in total. The van der Waals surface area contributed by atoms with E-state index in [4.69, 9.17) is 0 Å². The van der Waals surface area contributed by atoms with Crippen LogP contribution in [0.25, 0.3) is 0 Å². The fourth-order valence-corrected chi connectivity index (χ4v) is 1.86. The molecule has 0 aromatic carbocycles. The first-order chi connectivity index (χ1) is 7.12. The lowest BCUT2D eigenvalue weighted by Gasteiger charge is -2.25. The molecule has 0 fully saturated rings. The zero-order valence-electron chi connectivity index (χ0n) is 9.37. The highest BCUT2D eigenvalue weighted by Gasteiger charge is 2.24. The molecule has 0 aromatic rings. The number of nitrogens with zero attached hydrogens (tertiary/aromatic N) is 4. The predicted molar refractivity (Wildman–Crippen MR) is 62.0 cm³/mol. The maximum absolute atomic E-state index is 4.13. The Morgan fingerprint density at radius 1 is 0.867 bits per heavy atom. The summed E-state index contributed by atoms with van der Waals surface area (Å²) in [5.74, 6) is 0. The molecule has 80 valence electrons. The summed E-state index contributed by atoms with van der Waals surface area (Å²) in [7, 11) is 4.34. The van der Waals surface area contributed by atoms with Crippen LogP contribution in [0.15, 0.2) is 34.8 Å². The SMILES string of the molecule is C[N+]1(CCC[N+]2(C)C=CN=C2)C=CN=C1. The van der Waals surface area contributed by atoms with Gasteiger partial charge in [0, 0.05) is 6.42 Å². The zero-order valence-corrected chi connectivity index (χ0v) is 9.37. The lowest BCUT2D eigenvalue weighted by molar-refractivity contribution is -0.779. The highest BCUT2D eigenvalue weighted by molar-refractivity contribution is 5.51. The van der Waals surface area contributed by atoms with Crippen molar-refractivity contribution in [3.63, 3.8) is 0 Å². The highest BCUT2D eigenvalue weighted by Crippen LogP contribution is 2.12. The minimum Gasteiger partial charge on any atom is -0.256 e. The summed E-state index contributed by atoms with van der Waals surface area (Å²) >= 11 is 0. The van der Waals surface area contributed by atoms with Gasteiger partial charge < -0.3 is 0 Å². The largest absolute Gasteiger partial charge is 0.256 e. The summed E-state index contributed by atoms with van der Waals surface area (Å²) in [4.78, 5) is 8.25. The van der Waals surface area contributed by atoms with Gasteiger partial charge in [-0.3, -0.25) is 8.97 Å². The van der Waals surface area contributed by atoms with Crippen LogP contribution in [0.2, 0.25) is 0 Å². The van der Waals surface area contributed by atoms with E-state index in [9.17, 15) is 0 Å². The van der Waals surface area contributed by atoms with Gasteiger partial charge in [0.2, 0.25) is 0 Å². The lowest BCUT2D eigenvalue weighted by Crippen LogP contribution is -2.41. The number of hydrogen-bond acceptors (Lipinski definition) is 2. The smallest absolute Gasteiger partial charge is 0.194 e. The van der Waals surface area contributed by atoms with Crippen LogP contribution >= 0.6 is 0 Å². The van der Waals surface area contributed by atoms with Crippen LogP contribution in [0.4, 0.5) is 0 Å². The van der Waals surface area contributed by atoms with Gasteiger partial charge in [0.25, 0.3) is 0 Å². The van der Waals surface area contributed by atoms with Gasteiger partial charge in [0.15, 0.2) is 12.7 Å². The zero-order chi connectivity index (χ0) is 10.8. The van der Waals surface area contributed by atoms with Gasteiger partial charge in [-0.1, -0.05) is 0 Å². The maximum Gasteiger partial charge on any atom is 0.194 e. The monoisotopic (exact) mass is 206 g/mol. The van der Waals surface area contributed by atoms with Crippen LogP contribution < -0.4 is 0 Å². The fraction of sp³-hybridized carbons (Fsp3) is 0.455. The third kappa shape index (κ3) is 2.40. The van der Waals surface area contributed by atoms with E-state index in [1.165, 1.54) is 0 Å². The first-order valence-electron chi connectivity index (χ1n) is 5.26. The molecule has 15 heavy (non-hydrogen) atoms. The molecule has 2 aliphatic heterocycles. The second kappa shape index (κ2) is 3.72. The molecular formula is C11H18N4+2. The van der Waals surface area contributed by atoms with Crippen LogP contribution in [0.5, 0.6) is 0 Å². The quantitative estimate of drug-likeness (QED) is 0.619. The minimum absolute atomic E-state index is 0.820.